The van der Waals surface area contributed by atoms with E-state index in [2.05, 4.69) is 33.9 Å². The van der Waals surface area contributed by atoms with Crippen LogP contribution in [0.3, 0.4) is 0 Å². The number of nitrogens with one attached hydrogen (secondary N) is 1. The van der Waals surface area contributed by atoms with Crippen LogP contribution in [0.1, 0.15) is 38.4 Å². The summed E-state index contributed by atoms with van der Waals surface area (Å²) < 4.78 is 0. The summed E-state index contributed by atoms with van der Waals surface area (Å²) in [7, 11) is 0. The quantitative estimate of drug-likeness (QED) is 0.774. The Morgan fingerprint density at radius 3 is 2.64 bits per heavy atom. The maximum absolute atomic E-state index is 4.22. The third-order valence-corrected chi connectivity index (χ3v) is 3.08. The molecule has 4 heteroatoms. The highest BCUT2D eigenvalue weighted by Crippen LogP contribution is 2.25. The van der Waals surface area contributed by atoms with Gasteiger partial charge in [0.1, 0.15) is 12.2 Å². The molecule has 2 heterocycles. The Hall–Kier alpha value is -0.900. The summed E-state index contributed by atoms with van der Waals surface area (Å²) in [4.78, 5) is 6.75. The van der Waals surface area contributed by atoms with Crippen molar-refractivity contribution in [1.29, 1.82) is 0 Å². The molecule has 1 N–H and O–H groups in total. The fourth-order valence-corrected chi connectivity index (χ4v) is 2.10. The molecule has 1 aromatic rings. The molecule has 0 saturated carbocycles. The molecule has 0 spiro atoms. The first kappa shape index (κ1) is 9.65. The highest BCUT2D eigenvalue weighted by molar-refractivity contribution is 4.96. The smallest absolute Gasteiger partial charge is 0.137 e. The Kier molecular flexibility index (Phi) is 2.82. The van der Waals surface area contributed by atoms with Crippen molar-refractivity contribution in [3.8, 4) is 0 Å². The Labute approximate surface area is 84.7 Å². The Balaban J connectivity index is 1.90. The summed E-state index contributed by atoms with van der Waals surface area (Å²) in [5, 5.41) is 6.87. The summed E-state index contributed by atoms with van der Waals surface area (Å²) in [5.74, 6) is 1.65. The maximum Gasteiger partial charge on any atom is 0.137 e. The Bertz CT molecular complexity index is 260. The van der Waals surface area contributed by atoms with Crippen LogP contribution in [0, 0.1) is 0 Å². The zero-order valence-electron chi connectivity index (χ0n) is 8.90. The monoisotopic (exact) mass is 194 g/mol. The number of rotatable bonds is 2. The van der Waals surface area contributed by atoms with Crippen molar-refractivity contribution in [3.05, 3.63) is 12.2 Å². The van der Waals surface area contributed by atoms with E-state index in [1.807, 2.05) is 0 Å². The normalized spacial score (nSPS) is 20.5. The number of aromatic nitrogens is 3. The van der Waals surface area contributed by atoms with Crippen molar-refractivity contribution in [2.75, 3.05) is 13.1 Å². The van der Waals surface area contributed by atoms with Crippen LogP contribution in [0.2, 0.25) is 0 Å². The molecule has 0 aliphatic carbocycles. The minimum absolute atomic E-state index is 0.590. The second-order valence-corrected chi connectivity index (χ2v) is 4.27. The lowest BCUT2D eigenvalue weighted by molar-refractivity contribution is 0.169. The van der Waals surface area contributed by atoms with E-state index < -0.39 is 0 Å². The molecule has 1 fully saturated rings. The first-order valence-corrected chi connectivity index (χ1v) is 5.36. The molecule has 78 valence electrons. The maximum atomic E-state index is 4.22. The number of H-pyrrole nitrogens is 1. The summed E-state index contributed by atoms with van der Waals surface area (Å²) in [5.41, 5.74) is 0. The van der Waals surface area contributed by atoms with Crippen molar-refractivity contribution in [2.24, 2.45) is 0 Å². The SMILES string of the molecule is CC(C)N1CCC(c2ncn[nH]2)CC1. The molecule has 1 saturated heterocycles. The Morgan fingerprint density at radius 1 is 1.43 bits per heavy atom. The van der Waals surface area contributed by atoms with E-state index in [9.17, 15) is 0 Å². The van der Waals surface area contributed by atoms with Crippen LogP contribution < -0.4 is 0 Å². The third kappa shape index (κ3) is 1.95. The number of hydrogen-bond donors (Lipinski definition) is 1. The van der Waals surface area contributed by atoms with Crippen molar-refractivity contribution in [3.63, 3.8) is 0 Å². The van der Waals surface area contributed by atoms with Crippen molar-refractivity contribution < 1.29 is 0 Å². The second-order valence-electron chi connectivity index (χ2n) is 4.27. The minimum Gasteiger partial charge on any atom is -0.301 e. The van der Waals surface area contributed by atoms with Crippen molar-refractivity contribution in [1.82, 2.24) is 20.1 Å². The Morgan fingerprint density at radius 2 is 2.14 bits per heavy atom. The number of likely N-dealkylation sites (tertiary alicyclic amines) is 1. The van der Waals surface area contributed by atoms with Gasteiger partial charge in [-0.05, 0) is 39.8 Å². The van der Waals surface area contributed by atoms with Gasteiger partial charge in [0.05, 0.1) is 0 Å². The average molecular weight is 194 g/mol. The van der Waals surface area contributed by atoms with Gasteiger partial charge in [-0.3, -0.25) is 5.10 Å². The van der Waals surface area contributed by atoms with E-state index in [0.29, 0.717) is 12.0 Å². The van der Waals surface area contributed by atoms with Gasteiger partial charge in [-0.2, -0.15) is 5.10 Å². The van der Waals surface area contributed by atoms with Crippen LogP contribution in [-0.4, -0.2) is 39.2 Å². The number of nitrogens with zero attached hydrogens (tertiary/aromatic N) is 3. The molecule has 14 heavy (non-hydrogen) atoms. The van der Waals surface area contributed by atoms with Gasteiger partial charge in [0.15, 0.2) is 0 Å². The fraction of sp³-hybridized carbons (Fsp3) is 0.800. The molecule has 1 aromatic heterocycles. The zero-order valence-corrected chi connectivity index (χ0v) is 8.90. The van der Waals surface area contributed by atoms with Crippen molar-refractivity contribution in [2.45, 2.75) is 38.6 Å². The van der Waals surface area contributed by atoms with E-state index >= 15 is 0 Å². The lowest BCUT2D eigenvalue weighted by atomic mass is 9.95. The molecule has 4 nitrogen and oxygen atoms in total. The molecular formula is C10H18N4. The fourth-order valence-electron chi connectivity index (χ4n) is 2.10. The predicted molar refractivity (Wildman–Crippen MR) is 55.1 cm³/mol. The molecule has 1 aliphatic heterocycles. The van der Waals surface area contributed by atoms with E-state index in [1.165, 1.54) is 25.9 Å². The highest BCUT2D eigenvalue weighted by atomic mass is 15.2. The molecule has 0 unspecified atom stereocenters. The van der Waals surface area contributed by atoms with Gasteiger partial charge in [-0.1, -0.05) is 0 Å². The standard InChI is InChI=1S/C10H18N4/c1-8(2)14-5-3-9(4-6-14)10-11-7-12-13-10/h7-9H,3-6H2,1-2H3,(H,11,12,13). The summed E-state index contributed by atoms with van der Waals surface area (Å²) in [6, 6.07) is 0.672. The van der Waals surface area contributed by atoms with Gasteiger partial charge in [0.2, 0.25) is 0 Å². The summed E-state index contributed by atoms with van der Waals surface area (Å²) in [6.07, 6.45) is 4.00. The van der Waals surface area contributed by atoms with Crippen LogP contribution in [0.25, 0.3) is 0 Å². The van der Waals surface area contributed by atoms with Crippen LogP contribution in [0.15, 0.2) is 6.33 Å². The van der Waals surface area contributed by atoms with Crippen molar-refractivity contribution >= 4 is 0 Å². The predicted octanol–water partition coefficient (Wildman–Crippen LogP) is 1.39. The largest absolute Gasteiger partial charge is 0.301 e. The third-order valence-electron chi connectivity index (χ3n) is 3.08. The van der Waals surface area contributed by atoms with Gasteiger partial charge in [-0.25, -0.2) is 4.98 Å². The summed E-state index contributed by atoms with van der Waals surface area (Å²) >= 11 is 0. The van der Waals surface area contributed by atoms with E-state index in [-0.39, 0.29) is 0 Å². The number of piperidine rings is 1. The lowest BCUT2D eigenvalue weighted by Crippen LogP contribution is -2.38. The van der Waals surface area contributed by atoms with Gasteiger partial charge >= 0.3 is 0 Å². The van der Waals surface area contributed by atoms with Gasteiger partial charge in [0, 0.05) is 12.0 Å². The van der Waals surface area contributed by atoms with E-state index in [4.69, 9.17) is 0 Å². The molecule has 1 aliphatic rings. The first-order chi connectivity index (χ1) is 6.77. The average Bonchev–Trinajstić information content (AvgIpc) is 2.71. The van der Waals surface area contributed by atoms with Gasteiger partial charge in [0.25, 0.3) is 0 Å². The molecule has 2 rings (SSSR count). The zero-order chi connectivity index (χ0) is 9.97. The van der Waals surface area contributed by atoms with Crippen LogP contribution in [-0.2, 0) is 0 Å². The topological polar surface area (TPSA) is 44.8 Å². The molecule has 0 bridgehead atoms. The van der Waals surface area contributed by atoms with Crippen LogP contribution in [0.4, 0.5) is 0 Å². The number of aromatic amines is 1. The highest BCUT2D eigenvalue weighted by Gasteiger charge is 2.23. The minimum atomic E-state index is 0.590. The molecule has 0 radical (unpaired) electrons. The van der Waals surface area contributed by atoms with E-state index in [0.717, 1.165) is 5.82 Å². The first-order valence-electron chi connectivity index (χ1n) is 5.36. The summed E-state index contributed by atoms with van der Waals surface area (Å²) in [6.45, 7) is 6.88. The second kappa shape index (κ2) is 4.09. The van der Waals surface area contributed by atoms with E-state index in [1.54, 1.807) is 6.33 Å². The number of hydrogen-bond acceptors (Lipinski definition) is 3. The van der Waals surface area contributed by atoms with Crippen LogP contribution in [0.5, 0.6) is 0 Å². The molecule has 0 amide bonds. The molecule has 0 aromatic carbocycles. The van der Waals surface area contributed by atoms with Gasteiger partial charge < -0.3 is 4.90 Å². The van der Waals surface area contributed by atoms with Gasteiger partial charge in [-0.15, -0.1) is 0 Å². The van der Waals surface area contributed by atoms with Crippen LogP contribution >= 0.6 is 0 Å². The molecule has 0 atom stereocenters. The lowest BCUT2D eigenvalue weighted by Gasteiger charge is -2.33. The molecular weight excluding hydrogens is 176 g/mol.